The first-order chi connectivity index (χ1) is 12.6. The van der Waals surface area contributed by atoms with Crippen molar-refractivity contribution in [2.45, 2.75) is 44.9 Å². The van der Waals surface area contributed by atoms with Gasteiger partial charge in [0.2, 0.25) is 5.91 Å². The number of thioether (sulfide) groups is 1. The fourth-order valence-electron chi connectivity index (χ4n) is 3.04. The fourth-order valence-corrected chi connectivity index (χ4v) is 4.19. The molecule has 26 heavy (non-hydrogen) atoms. The predicted molar refractivity (Wildman–Crippen MR) is 105 cm³/mol. The van der Waals surface area contributed by atoms with E-state index in [4.69, 9.17) is 4.74 Å². The number of rotatable bonds is 6. The first-order valence-corrected chi connectivity index (χ1v) is 10.1. The Labute approximate surface area is 157 Å². The van der Waals surface area contributed by atoms with E-state index in [0.29, 0.717) is 23.7 Å². The van der Waals surface area contributed by atoms with Gasteiger partial charge in [0.15, 0.2) is 0 Å². The second-order valence-electron chi connectivity index (χ2n) is 6.46. The molecule has 140 valence electrons. The van der Waals surface area contributed by atoms with Crippen LogP contribution >= 0.6 is 11.8 Å². The lowest BCUT2D eigenvalue weighted by Gasteiger charge is -2.18. The maximum absolute atomic E-state index is 12.8. The molecule has 2 aromatic rings. The second kappa shape index (κ2) is 8.03. The Morgan fingerprint density at radius 3 is 2.81 bits per heavy atom. The van der Waals surface area contributed by atoms with Gasteiger partial charge in [-0.15, -0.1) is 11.8 Å². The summed E-state index contributed by atoms with van der Waals surface area (Å²) in [5, 5.41) is 5.57. The van der Waals surface area contributed by atoms with Crippen LogP contribution in [-0.4, -0.2) is 28.0 Å². The lowest BCUT2D eigenvalue weighted by Crippen LogP contribution is -2.18. The summed E-state index contributed by atoms with van der Waals surface area (Å²) in [5.74, 6) is 1.54. The van der Waals surface area contributed by atoms with Crippen LogP contribution in [0.4, 0.5) is 5.82 Å². The number of para-hydroxylation sites is 1. The van der Waals surface area contributed by atoms with Gasteiger partial charge in [-0.3, -0.25) is 19.4 Å². The van der Waals surface area contributed by atoms with Crippen LogP contribution in [0.5, 0.6) is 5.75 Å². The smallest absolute Gasteiger partial charge is 0.270 e. The molecular formula is C19H25N3O3S. The monoisotopic (exact) mass is 375 g/mol. The maximum Gasteiger partial charge on any atom is 0.270 e. The Hall–Kier alpha value is -2.15. The van der Waals surface area contributed by atoms with Crippen molar-refractivity contribution in [1.29, 1.82) is 0 Å². The number of hydrogen-bond donors (Lipinski definition) is 2. The van der Waals surface area contributed by atoms with Gasteiger partial charge in [-0.05, 0) is 25.8 Å². The zero-order valence-corrected chi connectivity index (χ0v) is 16.2. The number of nitrogens with one attached hydrogen (secondary N) is 2. The minimum absolute atomic E-state index is 0.0853. The molecule has 2 unspecified atom stereocenters. The lowest BCUT2D eigenvalue weighted by molar-refractivity contribution is -0.113. The van der Waals surface area contributed by atoms with Crippen LogP contribution in [0.1, 0.15) is 56.0 Å². The van der Waals surface area contributed by atoms with Crippen molar-refractivity contribution in [2.75, 3.05) is 17.7 Å². The van der Waals surface area contributed by atoms with Crippen LogP contribution in [0.25, 0.3) is 0 Å². The summed E-state index contributed by atoms with van der Waals surface area (Å²) < 4.78 is 7.68. The van der Waals surface area contributed by atoms with Crippen molar-refractivity contribution in [3.63, 3.8) is 0 Å². The average molecular weight is 375 g/mol. The molecule has 0 aliphatic carbocycles. The first-order valence-electron chi connectivity index (χ1n) is 9.04. The minimum atomic E-state index is -0.258. The van der Waals surface area contributed by atoms with Crippen molar-refractivity contribution in [3.8, 4) is 5.75 Å². The van der Waals surface area contributed by atoms with E-state index >= 15 is 0 Å². The molecule has 1 aliphatic rings. The van der Waals surface area contributed by atoms with Crippen LogP contribution in [-0.2, 0) is 4.79 Å². The molecule has 6 nitrogen and oxygen atoms in total. The molecule has 0 saturated carbocycles. The van der Waals surface area contributed by atoms with Crippen molar-refractivity contribution >= 4 is 23.5 Å². The van der Waals surface area contributed by atoms with Crippen LogP contribution in [0, 0.1) is 0 Å². The molecule has 7 heteroatoms. The number of nitrogens with zero attached hydrogens (tertiary/aromatic N) is 1. The van der Waals surface area contributed by atoms with Crippen molar-refractivity contribution in [1.82, 2.24) is 9.78 Å². The summed E-state index contributed by atoms with van der Waals surface area (Å²) in [4.78, 5) is 25.1. The van der Waals surface area contributed by atoms with Gasteiger partial charge in [0, 0.05) is 11.6 Å². The normalized spacial score (nSPS) is 18.0. The molecule has 0 bridgehead atoms. The third-order valence-electron chi connectivity index (χ3n) is 4.56. The van der Waals surface area contributed by atoms with Crippen LogP contribution < -0.4 is 15.6 Å². The Balaban J connectivity index is 2.13. The van der Waals surface area contributed by atoms with Gasteiger partial charge in [-0.2, -0.15) is 0 Å². The molecule has 1 amide bonds. The van der Waals surface area contributed by atoms with Gasteiger partial charge < -0.3 is 10.1 Å². The zero-order chi connectivity index (χ0) is 18.7. The Morgan fingerprint density at radius 2 is 2.08 bits per heavy atom. The average Bonchev–Trinajstić information content (AvgIpc) is 2.85. The molecule has 2 atom stereocenters. The lowest BCUT2D eigenvalue weighted by atomic mass is 10.0. The third kappa shape index (κ3) is 3.53. The van der Waals surface area contributed by atoms with Gasteiger partial charge in [0.05, 0.1) is 23.2 Å². The highest BCUT2D eigenvalue weighted by molar-refractivity contribution is 8.00. The molecule has 3 rings (SSSR count). The number of aromatic nitrogens is 2. The summed E-state index contributed by atoms with van der Waals surface area (Å²) in [6.45, 7) is 6.74. The molecule has 0 spiro atoms. The van der Waals surface area contributed by atoms with Crippen LogP contribution in [0.2, 0.25) is 0 Å². The van der Waals surface area contributed by atoms with E-state index in [1.165, 1.54) is 11.8 Å². The second-order valence-corrected chi connectivity index (χ2v) is 7.55. The van der Waals surface area contributed by atoms with Crippen molar-refractivity contribution in [3.05, 3.63) is 45.7 Å². The molecule has 1 aromatic carbocycles. The molecule has 2 heterocycles. The topological polar surface area (TPSA) is 76.1 Å². The summed E-state index contributed by atoms with van der Waals surface area (Å²) in [6, 6.07) is 7.85. The molecule has 1 aliphatic heterocycles. The van der Waals surface area contributed by atoms with Gasteiger partial charge in [-0.1, -0.05) is 32.0 Å². The van der Waals surface area contributed by atoms with E-state index in [1.807, 2.05) is 38.1 Å². The first kappa shape index (κ1) is 18.6. The highest BCUT2D eigenvalue weighted by atomic mass is 32.2. The maximum atomic E-state index is 12.8. The van der Waals surface area contributed by atoms with E-state index in [2.05, 4.69) is 17.3 Å². The highest BCUT2D eigenvalue weighted by Gasteiger charge is 2.32. The number of fused-ring (bicyclic) bond motifs is 1. The molecule has 0 radical (unpaired) electrons. The number of H-pyrrole nitrogens is 1. The summed E-state index contributed by atoms with van der Waals surface area (Å²) in [5.41, 5.74) is 1.36. The number of carbonyl (C=O) groups excluding carboxylic acids is 1. The number of aromatic amines is 1. The highest BCUT2D eigenvalue weighted by Crippen LogP contribution is 2.43. The third-order valence-corrected chi connectivity index (χ3v) is 5.81. The Kier molecular flexibility index (Phi) is 5.76. The summed E-state index contributed by atoms with van der Waals surface area (Å²) >= 11 is 1.46. The van der Waals surface area contributed by atoms with Gasteiger partial charge in [0.25, 0.3) is 5.56 Å². The standard InChI is InChI=1S/C19H25N3O3S/c1-4-10-25-14-9-7-6-8-13(14)17-16-18(20-15(23)11-26-17)22(12(3)5-2)21-19(16)24/h6-9,12,17H,4-5,10-11H2,1-3H3,(H,20,23)(H,21,24). The Morgan fingerprint density at radius 1 is 1.31 bits per heavy atom. The van der Waals surface area contributed by atoms with Gasteiger partial charge >= 0.3 is 0 Å². The summed E-state index contributed by atoms with van der Waals surface area (Å²) in [7, 11) is 0. The van der Waals surface area contributed by atoms with Gasteiger partial charge in [-0.25, -0.2) is 0 Å². The zero-order valence-electron chi connectivity index (χ0n) is 15.4. The largest absolute Gasteiger partial charge is 0.493 e. The van der Waals surface area contributed by atoms with E-state index in [9.17, 15) is 9.59 Å². The number of benzene rings is 1. The van der Waals surface area contributed by atoms with Crippen LogP contribution in [0.3, 0.4) is 0 Å². The van der Waals surface area contributed by atoms with E-state index in [-0.39, 0.29) is 22.8 Å². The number of anilines is 1. The quantitative estimate of drug-likeness (QED) is 0.807. The van der Waals surface area contributed by atoms with E-state index in [1.54, 1.807) is 4.68 Å². The summed E-state index contributed by atoms with van der Waals surface area (Å²) in [6.07, 6.45) is 1.75. The van der Waals surface area contributed by atoms with E-state index < -0.39 is 0 Å². The Bertz CT molecular complexity index is 843. The van der Waals surface area contributed by atoms with E-state index in [0.717, 1.165) is 24.2 Å². The number of ether oxygens (including phenoxy) is 1. The van der Waals surface area contributed by atoms with Crippen LogP contribution in [0.15, 0.2) is 29.1 Å². The SMILES string of the molecule is CCCOc1ccccc1C1SCC(=O)Nc2c1c(=O)[nH]n2C(C)CC. The number of hydrogen-bond acceptors (Lipinski definition) is 4. The predicted octanol–water partition coefficient (Wildman–Crippen LogP) is 3.71. The van der Waals surface area contributed by atoms with Crippen molar-refractivity contribution < 1.29 is 9.53 Å². The molecule has 2 N–H and O–H groups in total. The minimum Gasteiger partial charge on any atom is -0.493 e. The number of carbonyl (C=O) groups is 1. The molecule has 1 aromatic heterocycles. The van der Waals surface area contributed by atoms with Crippen molar-refractivity contribution in [2.24, 2.45) is 0 Å². The molecule has 0 fully saturated rings. The molecular weight excluding hydrogens is 350 g/mol. The van der Waals surface area contributed by atoms with Gasteiger partial charge in [0.1, 0.15) is 11.6 Å². The number of amides is 1. The molecule has 0 saturated heterocycles. The fraction of sp³-hybridized carbons (Fsp3) is 0.474.